The number of carboxylic acids is 1. The molecule has 160 valence electrons. The minimum absolute atomic E-state index is 0.144. The van der Waals surface area contributed by atoms with Gasteiger partial charge in [0.1, 0.15) is 24.7 Å². The molecule has 3 rings (SSSR count). The van der Waals surface area contributed by atoms with Crippen LogP contribution in [0.3, 0.4) is 0 Å². The zero-order valence-electron chi connectivity index (χ0n) is 16.6. The van der Waals surface area contributed by atoms with E-state index in [2.05, 4.69) is 0 Å². The molecule has 1 amide bonds. The molecule has 0 spiro atoms. The van der Waals surface area contributed by atoms with Crippen molar-refractivity contribution in [3.8, 4) is 5.75 Å². The standard InChI is InChI=1S/C24H21ClFNO4/c25-20-9-7-17(8-10-20)11-12-27(15-23(28)29)24(30)19-4-2-6-22(14-19)31-16-18-3-1-5-21(26)13-18/h1-10,13-14H,11-12,15-16H2,(H,28,29). The number of hydrogen-bond donors (Lipinski definition) is 1. The summed E-state index contributed by atoms with van der Waals surface area (Å²) < 4.78 is 19.0. The molecule has 1 N–H and O–H groups in total. The highest BCUT2D eigenvalue weighted by atomic mass is 35.5. The summed E-state index contributed by atoms with van der Waals surface area (Å²) >= 11 is 5.89. The number of nitrogens with zero attached hydrogens (tertiary/aromatic N) is 1. The topological polar surface area (TPSA) is 66.8 Å². The van der Waals surface area contributed by atoms with E-state index in [0.29, 0.717) is 28.3 Å². The molecular weight excluding hydrogens is 421 g/mol. The lowest BCUT2D eigenvalue weighted by atomic mass is 10.1. The van der Waals surface area contributed by atoms with Crippen LogP contribution in [0.25, 0.3) is 0 Å². The molecule has 0 saturated heterocycles. The lowest BCUT2D eigenvalue weighted by molar-refractivity contribution is -0.137. The molecule has 0 aliphatic heterocycles. The van der Waals surface area contributed by atoms with Crippen LogP contribution in [0.15, 0.2) is 72.8 Å². The summed E-state index contributed by atoms with van der Waals surface area (Å²) in [5.41, 5.74) is 1.92. The maximum absolute atomic E-state index is 13.3. The monoisotopic (exact) mass is 441 g/mol. The van der Waals surface area contributed by atoms with Gasteiger partial charge in [0.25, 0.3) is 5.91 Å². The van der Waals surface area contributed by atoms with Crippen molar-refractivity contribution in [3.05, 3.63) is 100 Å². The van der Waals surface area contributed by atoms with Crippen LogP contribution in [0.5, 0.6) is 5.75 Å². The van der Waals surface area contributed by atoms with Gasteiger partial charge in [0, 0.05) is 17.1 Å². The van der Waals surface area contributed by atoms with Crippen LogP contribution in [0, 0.1) is 5.82 Å². The Kier molecular flexibility index (Phi) is 7.62. The van der Waals surface area contributed by atoms with Crippen molar-refractivity contribution in [1.29, 1.82) is 0 Å². The predicted octanol–water partition coefficient (Wildman–Crippen LogP) is 4.83. The molecule has 3 aromatic rings. The highest BCUT2D eigenvalue weighted by Crippen LogP contribution is 2.18. The Morgan fingerprint density at radius 2 is 1.71 bits per heavy atom. The van der Waals surface area contributed by atoms with E-state index in [9.17, 15) is 19.1 Å². The average Bonchev–Trinajstić information content (AvgIpc) is 2.76. The van der Waals surface area contributed by atoms with Crippen molar-refractivity contribution in [2.75, 3.05) is 13.1 Å². The lowest BCUT2D eigenvalue weighted by Gasteiger charge is -2.21. The van der Waals surface area contributed by atoms with Crippen LogP contribution in [0.4, 0.5) is 4.39 Å². The molecule has 0 atom stereocenters. The molecule has 0 unspecified atom stereocenters. The molecule has 0 saturated carbocycles. The fourth-order valence-electron chi connectivity index (χ4n) is 3.03. The molecule has 0 bridgehead atoms. The molecule has 5 nitrogen and oxygen atoms in total. The number of carbonyl (C=O) groups excluding carboxylic acids is 1. The first-order valence-electron chi connectivity index (χ1n) is 9.63. The highest BCUT2D eigenvalue weighted by Gasteiger charge is 2.19. The number of benzene rings is 3. The summed E-state index contributed by atoms with van der Waals surface area (Å²) in [4.78, 5) is 25.5. The van der Waals surface area contributed by atoms with Crippen LogP contribution in [0.2, 0.25) is 5.02 Å². The predicted molar refractivity (Wildman–Crippen MR) is 116 cm³/mol. The molecule has 0 aromatic heterocycles. The van der Waals surface area contributed by atoms with Gasteiger partial charge in [0.2, 0.25) is 0 Å². The average molecular weight is 442 g/mol. The minimum atomic E-state index is -1.09. The summed E-state index contributed by atoms with van der Waals surface area (Å²) in [5.74, 6) is -1.42. The Morgan fingerprint density at radius 3 is 2.42 bits per heavy atom. The van der Waals surface area contributed by atoms with Gasteiger partial charge in [-0.1, -0.05) is 41.9 Å². The van der Waals surface area contributed by atoms with Crippen LogP contribution in [-0.2, 0) is 17.8 Å². The van der Waals surface area contributed by atoms with E-state index >= 15 is 0 Å². The molecule has 0 heterocycles. The van der Waals surface area contributed by atoms with E-state index in [4.69, 9.17) is 16.3 Å². The van der Waals surface area contributed by atoms with Gasteiger partial charge < -0.3 is 14.7 Å². The Labute approximate surface area is 184 Å². The quantitative estimate of drug-likeness (QED) is 0.516. The Morgan fingerprint density at radius 1 is 0.968 bits per heavy atom. The maximum atomic E-state index is 13.3. The Hall–Kier alpha value is -3.38. The number of carbonyl (C=O) groups is 2. The molecule has 0 fully saturated rings. The van der Waals surface area contributed by atoms with Crippen molar-refractivity contribution >= 4 is 23.5 Å². The number of hydrogen-bond acceptors (Lipinski definition) is 3. The molecule has 0 aliphatic carbocycles. The lowest BCUT2D eigenvalue weighted by Crippen LogP contribution is -2.37. The normalized spacial score (nSPS) is 10.5. The summed E-state index contributed by atoms with van der Waals surface area (Å²) in [7, 11) is 0. The molecule has 0 radical (unpaired) electrons. The minimum Gasteiger partial charge on any atom is -0.489 e. The number of rotatable bonds is 9. The third kappa shape index (κ3) is 6.83. The summed E-state index contributed by atoms with van der Waals surface area (Å²) in [6.45, 7) is -0.0350. The van der Waals surface area contributed by atoms with E-state index in [1.54, 1.807) is 48.5 Å². The van der Waals surface area contributed by atoms with Crippen molar-refractivity contribution < 1.29 is 23.8 Å². The van der Waals surface area contributed by atoms with Gasteiger partial charge in [-0.25, -0.2) is 4.39 Å². The van der Waals surface area contributed by atoms with Gasteiger partial charge in [-0.2, -0.15) is 0 Å². The smallest absolute Gasteiger partial charge is 0.323 e. The molecule has 0 aliphatic rings. The van der Waals surface area contributed by atoms with Gasteiger partial charge in [0.05, 0.1) is 0 Å². The van der Waals surface area contributed by atoms with Crippen LogP contribution in [0.1, 0.15) is 21.5 Å². The van der Waals surface area contributed by atoms with Crippen LogP contribution >= 0.6 is 11.6 Å². The molecular formula is C24H21ClFNO4. The zero-order chi connectivity index (χ0) is 22.2. The largest absolute Gasteiger partial charge is 0.489 e. The number of carboxylic acid groups (broad SMARTS) is 1. The zero-order valence-corrected chi connectivity index (χ0v) is 17.4. The number of amides is 1. The second-order valence-corrected chi connectivity index (χ2v) is 7.38. The SMILES string of the molecule is O=C(O)CN(CCc1ccc(Cl)cc1)C(=O)c1cccc(OCc2cccc(F)c2)c1. The first-order chi connectivity index (χ1) is 14.9. The summed E-state index contributed by atoms with van der Waals surface area (Å²) in [6.07, 6.45) is 0.492. The van der Waals surface area contributed by atoms with Gasteiger partial charge in [-0.05, 0) is 60.0 Å². The van der Waals surface area contributed by atoms with E-state index in [-0.39, 0.29) is 19.0 Å². The highest BCUT2D eigenvalue weighted by molar-refractivity contribution is 6.30. The van der Waals surface area contributed by atoms with E-state index in [1.807, 2.05) is 12.1 Å². The van der Waals surface area contributed by atoms with Gasteiger partial charge >= 0.3 is 5.97 Å². The number of halogens is 2. The third-order valence-electron chi connectivity index (χ3n) is 4.57. The van der Waals surface area contributed by atoms with Gasteiger partial charge in [-0.15, -0.1) is 0 Å². The van der Waals surface area contributed by atoms with Crippen LogP contribution < -0.4 is 4.74 Å². The second-order valence-electron chi connectivity index (χ2n) is 6.94. The van der Waals surface area contributed by atoms with E-state index < -0.39 is 18.4 Å². The number of ether oxygens (including phenoxy) is 1. The maximum Gasteiger partial charge on any atom is 0.323 e. The van der Waals surface area contributed by atoms with Crippen LogP contribution in [-0.4, -0.2) is 35.0 Å². The third-order valence-corrected chi connectivity index (χ3v) is 4.82. The van der Waals surface area contributed by atoms with Crippen molar-refractivity contribution in [2.24, 2.45) is 0 Å². The number of aliphatic carboxylic acids is 1. The van der Waals surface area contributed by atoms with Crippen molar-refractivity contribution in [3.63, 3.8) is 0 Å². The Balaban J connectivity index is 1.68. The second kappa shape index (κ2) is 10.6. The first kappa shape index (κ1) is 22.3. The molecule has 31 heavy (non-hydrogen) atoms. The van der Waals surface area contributed by atoms with Crippen molar-refractivity contribution in [1.82, 2.24) is 4.90 Å². The molecule has 7 heteroatoms. The van der Waals surface area contributed by atoms with Gasteiger partial charge in [-0.3, -0.25) is 9.59 Å². The van der Waals surface area contributed by atoms with Gasteiger partial charge in [0.15, 0.2) is 0 Å². The Bertz CT molecular complexity index is 1060. The summed E-state index contributed by atoms with van der Waals surface area (Å²) in [6, 6.07) is 19.7. The van der Waals surface area contributed by atoms with Crippen molar-refractivity contribution in [2.45, 2.75) is 13.0 Å². The fourth-order valence-corrected chi connectivity index (χ4v) is 3.15. The van der Waals surface area contributed by atoms with E-state index in [0.717, 1.165) is 5.56 Å². The van der Waals surface area contributed by atoms with E-state index in [1.165, 1.54) is 17.0 Å². The summed E-state index contributed by atoms with van der Waals surface area (Å²) in [5, 5.41) is 9.84. The fraction of sp³-hybridized carbons (Fsp3) is 0.167. The molecule has 3 aromatic carbocycles. The first-order valence-corrected chi connectivity index (χ1v) is 10.0.